The number of nitrogen functional groups attached to an aromatic ring is 1. The summed E-state index contributed by atoms with van der Waals surface area (Å²) in [7, 11) is 0. The Labute approximate surface area is 143 Å². The van der Waals surface area contributed by atoms with Crippen molar-refractivity contribution in [2.75, 3.05) is 29.0 Å². The summed E-state index contributed by atoms with van der Waals surface area (Å²) in [6.45, 7) is 0.674. The largest absolute Gasteiger partial charge is 0.393 e. The predicted molar refractivity (Wildman–Crippen MR) is 88.8 cm³/mol. The molecule has 25 heavy (non-hydrogen) atoms. The number of nitrogens with one attached hydrogen (secondary N) is 1. The fourth-order valence-corrected chi connectivity index (χ4v) is 2.15. The summed E-state index contributed by atoms with van der Waals surface area (Å²) in [6, 6.07) is 7.12. The summed E-state index contributed by atoms with van der Waals surface area (Å²) >= 11 is 0. The first kappa shape index (κ1) is 17.9. The van der Waals surface area contributed by atoms with Crippen LogP contribution in [0.15, 0.2) is 24.5 Å². The van der Waals surface area contributed by atoms with Crippen LogP contribution in [0.3, 0.4) is 0 Å². The van der Waals surface area contributed by atoms with E-state index in [9.17, 15) is 8.78 Å². The maximum absolute atomic E-state index is 13.8. The van der Waals surface area contributed by atoms with Crippen LogP contribution in [0.5, 0.6) is 0 Å². The van der Waals surface area contributed by atoms with E-state index in [-0.39, 0.29) is 30.0 Å². The van der Waals surface area contributed by atoms with Gasteiger partial charge in [0.25, 0.3) is 0 Å². The minimum Gasteiger partial charge on any atom is -0.393 e. The van der Waals surface area contributed by atoms with E-state index in [1.807, 2.05) is 12.1 Å². The van der Waals surface area contributed by atoms with Crippen molar-refractivity contribution in [3.05, 3.63) is 36.2 Å². The number of aromatic nitrogens is 2. The predicted octanol–water partition coefficient (Wildman–Crippen LogP) is 2.71. The molecule has 0 fully saturated rings. The van der Waals surface area contributed by atoms with Gasteiger partial charge in [-0.15, -0.1) is 0 Å². The lowest BCUT2D eigenvalue weighted by Crippen LogP contribution is -2.27. The molecule has 128 valence electrons. The maximum Gasteiger partial charge on any atom is 0.159 e. The van der Waals surface area contributed by atoms with Crippen molar-refractivity contribution in [3.8, 4) is 12.1 Å². The highest BCUT2D eigenvalue weighted by Crippen LogP contribution is 2.29. The molecule has 0 atom stereocenters. The van der Waals surface area contributed by atoms with E-state index in [1.54, 1.807) is 4.90 Å². The Morgan fingerprint density at radius 1 is 1.12 bits per heavy atom. The summed E-state index contributed by atoms with van der Waals surface area (Å²) in [5, 5.41) is 20.2. The Hall–Kier alpha value is -3.46. The lowest BCUT2D eigenvalue weighted by molar-refractivity contribution is 0.586. The molecule has 1 heterocycles. The van der Waals surface area contributed by atoms with E-state index >= 15 is 0 Å². The SMILES string of the molecule is N#CCCN(CCC#N)c1ncnc(Nc2ccc(F)cc2F)c1N. The quantitative estimate of drug-likeness (QED) is 0.794. The maximum atomic E-state index is 13.8. The van der Waals surface area contributed by atoms with Gasteiger partial charge in [0.05, 0.1) is 30.7 Å². The molecule has 1 aromatic heterocycles. The van der Waals surface area contributed by atoms with Gasteiger partial charge >= 0.3 is 0 Å². The molecule has 0 amide bonds. The van der Waals surface area contributed by atoms with Gasteiger partial charge in [-0.25, -0.2) is 18.7 Å². The Morgan fingerprint density at radius 2 is 1.80 bits per heavy atom. The molecule has 1 aromatic carbocycles. The second kappa shape index (κ2) is 8.41. The van der Waals surface area contributed by atoms with Gasteiger partial charge in [0.1, 0.15) is 23.6 Å². The summed E-state index contributed by atoms with van der Waals surface area (Å²) in [5.74, 6) is -0.996. The molecule has 0 spiro atoms. The summed E-state index contributed by atoms with van der Waals surface area (Å²) in [4.78, 5) is 9.77. The summed E-state index contributed by atoms with van der Waals surface area (Å²) < 4.78 is 26.8. The lowest BCUT2D eigenvalue weighted by atomic mass is 10.2. The molecule has 0 unspecified atom stereocenters. The molecule has 9 heteroatoms. The molecule has 0 aliphatic rings. The highest BCUT2D eigenvalue weighted by molar-refractivity contribution is 5.78. The lowest BCUT2D eigenvalue weighted by Gasteiger charge is -2.23. The monoisotopic (exact) mass is 343 g/mol. The zero-order valence-electron chi connectivity index (χ0n) is 13.2. The molecule has 0 saturated carbocycles. The van der Waals surface area contributed by atoms with Crippen molar-refractivity contribution < 1.29 is 8.78 Å². The summed E-state index contributed by atoms with van der Waals surface area (Å²) in [6.07, 6.45) is 1.69. The van der Waals surface area contributed by atoms with Crippen molar-refractivity contribution in [1.29, 1.82) is 10.5 Å². The molecule has 0 radical (unpaired) electrons. The number of nitriles is 2. The minimum absolute atomic E-state index is 0.0124. The number of nitrogens with two attached hydrogens (primary N) is 1. The second-order valence-electron chi connectivity index (χ2n) is 5.01. The van der Waals surface area contributed by atoms with Gasteiger partial charge in [0.2, 0.25) is 0 Å². The molecule has 0 saturated heterocycles. The van der Waals surface area contributed by atoms with E-state index in [0.717, 1.165) is 12.1 Å². The van der Waals surface area contributed by atoms with Crippen LogP contribution in [0.2, 0.25) is 0 Å². The average Bonchev–Trinajstić information content (AvgIpc) is 2.59. The smallest absolute Gasteiger partial charge is 0.159 e. The Bertz CT molecular complexity index is 808. The molecule has 0 aliphatic carbocycles. The molecular weight excluding hydrogens is 328 g/mol. The van der Waals surface area contributed by atoms with E-state index in [0.29, 0.717) is 18.9 Å². The number of benzene rings is 1. The molecule has 2 rings (SSSR count). The van der Waals surface area contributed by atoms with Crippen LogP contribution < -0.4 is 16.0 Å². The fourth-order valence-electron chi connectivity index (χ4n) is 2.15. The van der Waals surface area contributed by atoms with Crippen LogP contribution >= 0.6 is 0 Å². The van der Waals surface area contributed by atoms with Crippen molar-refractivity contribution in [2.45, 2.75) is 12.8 Å². The first-order chi connectivity index (χ1) is 12.1. The fraction of sp³-hybridized carbons (Fsp3) is 0.250. The minimum atomic E-state index is -0.787. The van der Waals surface area contributed by atoms with Gasteiger partial charge in [-0.1, -0.05) is 0 Å². The van der Waals surface area contributed by atoms with Crippen LogP contribution in [-0.4, -0.2) is 23.1 Å². The van der Waals surface area contributed by atoms with Crippen molar-refractivity contribution >= 4 is 23.0 Å². The third-order valence-corrected chi connectivity index (χ3v) is 3.33. The number of nitrogens with zero attached hydrogens (tertiary/aromatic N) is 5. The zero-order valence-corrected chi connectivity index (χ0v) is 13.2. The Balaban J connectivity index is 2.31. The van der Waals surface area contributed by atoms with Gasteiger partial charge in [-0.05, 0) is 12.1 Å². The third-order valence-electron chi connectivity index (χ3n) is 3.33. The highest BCUT2D eigenvalue weighted by Gasteiger charge is 2.16. The van der Waals surface area contributed by atoms with E-state index in [4.69, 9.17) is 16.3 Å². The molecule has 7 nitrogen and oxygen atoms in total. The highest BCUT2D eigenvalue weighted by atomic mass is 19.1. The van der Waals surface area contributed by atoms with Crippen LogP contribution in [0, 0.1) is 34.3 Å². The molecule has 3 N–H and O–H groups in total. The number of rotatable bonds is 7. The van der Waals surface area contributed by atoms with Gasteiger partial charge in [0.15, 0.2) is 11.6 Å². The van der Waals surface area contributed by atoms with Crippen molar-refractivity contribution in [3.63, 3.8) is 0 Å². The van der Waals surface area contributed by atoms with Crippen LogP contribution in [0.25, 0.3) is 0 Å². The van der Waals surface area contributed by atoms with E-state index in [2.05, 4.69) is 15.3 Å². The normalized spacial score (nSPS) is 9.92. The summed E-state index contributed by atoms with van der Waals surface area (Å²) in [5.41, 5.74) is 6.22. The topological polar surface area (TPSA) is 115 Å². The van der Waals surface area contributed by atoms with Gasteiger partial charge < -0.3 is 16.0 Å². The van der Waals surface area contributed by atoms with Crippen LogP contribution in [0.4, 0.5) is 31.8 Å². The number of hydrogen-bond acceptors (Lipinski definition) is 7. The molecule has 0 bridgehead atoms. The van der Waals surface area contributed by atoms with Gasteiger partial charge in [0, 0.05) is 19.2 Å². The van der Waals surface area contributed by atoms with Crippen LogP contribution in [-0.2, 0) is 0 Å². The average molecular weight is 343 g/mol. The number of hydrogen-bond donors (Lipinski definition) is 2. The molecule has 2 aromatic rings. The molecular formula is C16H15F2N7. The molecule has 0 aliphatic heterocycles. The third kappa shape index (κ3) is 4.52. The Kier molecular flexibility index (Phi) is 6.02. The van der Waals surface area contributed by atoms with Crippen LogP contribution in [0.1, 0.15) is 12.8 Å². The Morgan fingerprint density at radius 3 is 2.40 bits per heavy atom. The number of halogens is 2. The van der Waals surface area contributed by atoms with Crippen molar-refractivity contribution in [1.82, 2.24) is 9.97 Å². The van der Waals surface area contributed by atoms with Gasteiger partial charge in [-0.3, -0.25) is 0 Å². The first-order valence-electron chi connectivity index (χ1n) is 7.38. The zero-order chi connectivity index (χ0) is 18.2. The van der Waals surface area contributed by atoms with Gasteiger partial charge in [-0.2, -0.15) is 10.5 Å². The second-order valence-corrected chi connectivity index (χ2v) is 5.01. The van der Waals surface area contributed by atoms with Crippen molar-refractivity contribution in [2.24, 2.45) is 0 Å². The van der Waals surface area contributed by atoms with E-state index < -0.39 is 11.6 Å². The first-order valence-corrected chi connectivity index (χ1v) is 7.38. The number of anilines is 4. The van der Waals surface area contributed by atoms with E-state index in [1.165, 1.54) is 12.4 Å². The standard InChI is InChI=1S/C16H15F2N7/c17-11-3-4-13(12(18)9-11)24-15-14(21)16(23-10-22-15)25(7-1-5-19)8-2-6-20/h3-4,9-10H,1-2,7-8,21H2,(H,22,23,24).